The zero-order chi connectivity index (χ0) is 12.4. The number of anilines is 1. The fourth-order valence-electron chi connectivity index (χ4n) is 1.43. The van der Waals surface area contributed by atoms with Crippen molar-refractivity contribution < 1.29 is 4.52 Å². The van der Waals surface area contributed by atoms with E-state index in [2.05, 4.69) is 10.1 Å². The van der Waals surface area contributed by atoms with Gasteiger partial charge in [0.2, 0.25) is 0 Å². The topological polar surface area (TPSA) is 68.2 Å². The molecule has 0 radical (unpaired) electrons. The van der Waals surface area contributed by atoms with Gasteiger partial charge in [-0.1, -0.05) is 22.8 Å². The zero-order valence-corrected chi connectivity index (χ0v) is 10.4. The Morgan fingerprint density at radius 1 is 1.41 bits per heavy atom. The van der Waals surface area contributed by atoms with Gasteiger partial charge in [-0.15, -0.1) is 0 Å². The second-order valence-electron chi connectivity index (χ2n) is 3.95. The van der Waals surface area contributed by atoms with E-state index in [1.165, 1.54) is 0 Å². The second kappa shape index (κ2) is 4.73. The minimum Gasteiger partial charge on any atom is -0.397 e. The van der Waals surface area contributed by atoms with E-state index in [4.69, 9.17) is 21.9 Å². The van der Waals surface area contributed by atoms with Crippen LogP contribution in [0.4, 0.5) is 5.69 Å². The van der Waals surface area contributed by atoms with Crippen LogP contribution in [0.15, 0.2) is 22.7 Å². The summed E-state index contributed by atoms with van der Waals surface area (Å²) in [5.74, 6) is 1.01. The van der Waals surface area contributed by atoms with Crippen molar-refractivity contribution in [1.29, 1.82) is 0 Å². The Morgan fingerprint density at radius 3 is 2.88 bits per heavy atom. The minimum absolute atomic E-state index is 0.391. The van der Waals surface area contributed by atoms with E-state index in [-0.39, 0.29) is 0 Å². The molecule has 0 spiro atoms. The van der Waals surface area contributed by atoms with Gasteiger partial charge in [0.1, 0.15) is 0 Å². The molecule has 17 heavy (non-hydrogen) atoms. The molecule has 0 saturated heterocycles. The molecule has 2 N–H and O–H groups in total. The number of hydrogen-bond donors (Lipinski definition) is 1. The molecule has 0 bridgehead atoms. The van der Waals surface area contributed by atoms with Gasteiger partial charge in [-0.25, -0.2) is 0 Å². The third-order valence-electron chi connectivity index (χ3n) is 2.21. The Kier molecular flexibility index (Phi) is 3.31. The maximum Gasteiger partial charge on any atom is 0.260 e. The number of nitrogens with zero attached hydrogens (tertiary/aromatic N) is 3. The Balaban J connectivity index is 2.34. The van der Waals surface area contributed by atoms with Crippen molar-refractivity contribution in [1.82, 2.24) is 15.0 Å². The van der Waals surface area contributed by atoms with E-state index in [0.29, 0.717) is 34.5 Å². The Morgan fingerprint density at radius 2 is 2.18 bits per heavy atom. The summed E-state index contributed by atoms with van der Waals surface area (Å²) in [5.41, 5.74) is 6.97. The average molecular weight is 253 g/mol. The Labute approximate surface area is 104 Å². The molecule has 1 aromatic heterocycles. The van der Waals surface area contributed by atoms with Crippen molar-refractivity contribution in [3.63, 3.8) is 0 Å². The van der Waals surface area contributed by atoms with E-state index in [9.17, 15) is 0 Å². The number of benzene rings is 1. The zero-order valence-electron chi connectivity index (χ0n) is 9.64. The molecule has 0 atom stereocenters. The number of nitrogens with two attached hydrogens (primary N) is 1. The fraction of sp³-hybridized carbons (Fsp3) is 0.273. The quantitative estimate of drug-likeness (QED) is 0.847. The molecule has 1 aromatic carbocycles. The lowest BCUT2D eigenvalue weighted by molar-refractivity contribution is 0.365. The van der Waals surface area contributed by atoms with Gasteiger partial charge in [-0.05, 0) is 26.2 Å². The normalized spacial score (nSPS) is 11.1. The first-order valence-electron chi connectivity index (χ1n) is 5.09. The van der Waals surface area contributed by atoms with E-state index in [1.807, 2.05) is 19.0 Å². The monoisotopic (exact) mass is 252 g/mol. The number of para-hydroxylation sites is 1. The Hall–Kier alpha value is -1.59. The largest absolute Gasteiger partial charge is 0.397 e. The second-order valence-corrected chi connectivity index (χ2v) is 4.36. The third kappa shape index (κ3) is 2.57. The van der Waals surface area contributed by atoms with Crippen LogP contribution in [-0.4, -0.2) is 29.1 Å². The standard InChI is InChI=1S/C11H13ClN4O/c1-16(2)6-9-14-11(17-15-9)7-4-3-5-8(12)10(7)13/h3-5H,6,13H2,1-2H3. The van der Waals surface area contributed by atoms with Crippen LogP contribution < -0.4 is 5.73 Å². The van der Waals surface area contributed by atoms with Gasteiger partial charge < -0.3 is 15.2 Å². The van der Waals surface area contributed by atoms with Gasteiger partial charge in [0.05, 0.1) is 22.8 Å². The van der Waals surface area contributed by atoms with Gasteiger partial charge >= 0.3 is 0 Å². The van der Waals surface area contributed by atoms with Crippen LogP contribution in [0.1, 0.15) is 5.82 Å². The van der Waals surface area contributed by atoms with Crippen molar-refractivity contribution in [3.8, 4) is 11.5 Å². The van der Waals surface area contributed by atoms with E-state index in [0.717, 1.165) is 0 Å². The highest BCUT2D eigenvalue weighted by atomic mass is 35.5. The van der Waals surface area contributed by atoms with Gasteiger partial charge in [0.15, 0.2) is 5.82 Å². The molecule has 0 unspecified atom stereocenters. The summed E-state index contributed by atoms with van der Waals surface area (Å²) in [6, 6.07) is 5.31. The molecular weight excluding hydrogens is 240 g/mol. The van der Waals surface area contributed by atoms with Crippen LogP contribution in [0.2, 0.25) is 5.02 Å². The first-order valence-corrected chi connectivity index (χ1v) is 5.47. The highest BCUT2D eigenvalue weighted by Crippen LogP contribution is 2.30. The summed E-state index contributed by atoms with van der Waals surface area (Å²) in [6.07, 6.45) is 0. The number of rotatable bonds is 3. The molecule has 0 aliphatic rings. The summed E-state index contributed by atoms with van der Waals surface area (Å²) in [4.78, 5) is 6.22. The van der Waals surface area contributed by atoms with Crippen LogP contribution in [0.3, 0.4) is 0 Å². The number of hydrogen-bond acceptors (Lipinski definition) is 5. The molecular formula is C11H13ClN4O. The van der Waals surface area contributed by atoms with Crippen LogP contribution >= 0.6 is 11.6 Å². The molecule has 1 heterocycles. The molecule has 90 valence electrons. The van der Waals surface area contributed by atoms with Crippen LogP contribution in [0.25, 0.3) is 11.5 Å². The fourth-order valence-corrected chi connectivity index (χ4v) is 1.61. The first-order chi connectivity index (χ1) is 8.08. The van der Waals surface area contributed by atoms with Gasteiger partial charge in [0, 0.05) is 0 Å². The molecule has 0 aliphatic carbocycles. The van der Waals surface area contributed by atoms with Crippen molar-refractivity contribution in [2.24, 2.45) is 0 Å². The maximum atomic E-state index is 5.93. The number of nitrogen functional groups attached to an aromatic ring is 1. The maximum absolute atomic E-state index is 5.93. The summed E-state index contributed by atoms with van der Waals surface area (Å²) in [7, 11) is 3.87. The highest BCUT2D eigenvalue weighted by molar-refractivity contribution is 6.33. The lowest BCUT2D eigenvalue weighted by Gasteiger charge is -2.03. The average Bonchev–Trinajstić information content (AvgIpc) is 2.69. The van der Waals surface area contributed by atoms with Crippen LogP contribution in [-0.2, 0) is 6.54 Å². The van der Waals surface area contributed by atoms with Crippen molar-refractivity contribution >= 4 is 17.3 Å². The SMILES string of the molecule is CN(C)Cc1noc(-c2cccc(Cl)c2N)n1. The molecule has 0 saturated carbocycles. The lowest BCUT2D eigenvalue weighted by atomic mass is 10.2. The Bertz CT molecular complexity index is 524. The van der Waals surface area contributed by atoms with Gasteiger partial charge in [0.25, 0.3) is 5.89 Å². The van der Waals surface area contributed by atoms with Gasteiger partial charge in [-0.3, -0.25) is 0 Å². The minimum atomic E-state index is 0.391. The summed E-state index contributed by atoms with van der Waals surface area (Å²) in [6.45, 7) is 0.615. The molecule has 6 heteroatoms. The molecule has 2 rings (SSSR count). The van der Waals surface area contributed by atoms with Gasteiger partial charge in [-0.2, -0.15) is 4.98 Å². The lowest BCUT2D eigenvalue weighted by Crippen LogP contribution is -2.11. The van der Waals surface area contributed by atoms with E-state index >= 15 is 0 Å². The third-order valence-corrected chi connectivity index (χ3v) is 2.54. The smallest absolute Gasteiger partial charge is 0.260 e. The van der Waals surface area contributed by atoms with E-state index in [1.54, 1.807) is 18.2 Å². The molecule has 2 aromatic rings. The first kappa shape index (κ1) is 11.9. The van der Waals surface area contributed by atoms with Crippen LogP contribution in [0, 0.1) is 0 Å². The summed E-state index contributed by atoms with van der Waals surface area (Å²) >= 11 is 5.93. The highest BCUT2D eigenvalue weighted by Gasteiger charge is 2.13. The molecule has 5 nitrogen and oxygen atoms in total. The van der Waals surface area contributed by atoms with Crippen molar-refractivity contribution in [2.45, 2.75) is 6.54 Å². The van der Waals surface area contributed by atoms with Crippen molar-refractivity contribution in [2.75, 3.05) is 19.8 Å². The number of aromatic nitrogens is 2. The van der Waals surface area contributed by atoms with Crippen LogP contribution in [0.5, 0.6) is 0 Å². The summed E-state index contributed by atoms with van der Waals surface area (Å²) in [5, 5.41) is 4.36. The molecule has 0 aliphatic heterocycles. The van der Waals surface area contributed by atoms with E-state index < -0.39 is 0 Å². The predicted molar refractivity (Wildman–Crippen MR) is 66.5 cm³/mol. The summed E-state index contributed by atoms with van der Waals surface area (Å²) < 4.78 is 5.16. The molecule has 0 amide bonds. The predicted octanol–water partition coefficient (Wildman–Crippen LogP) is 2.03. The molecule has 0 fully saturated rings. The van der Waals surface area contributed by atoms with Crippen molar-refractivity contribution in [3.05, 3.63) is 29.0 Å². The number of halogens is 1.